The standard InChI is InChI=1S/C10H16O4S2/c1-3-13-10(12)8(14-7(2)11)6-9-15-4-5-16-9/h8-9H,3-6H2,1-2H3/t8-/m0/s1. The first kappa shape index (κ1) is 13.7. The molecule has 0 bridgehead atoms. The zero-order valence-corrected chi connectivity index (χ0v) is 11.1. The molecule has 1 fully saturated rings. The molecule has 0 aromatic carbocycles. The van der Waals surface area contributed by atoms with Crippen molar-refractivity contribution in [3.8, 4) is 0 Å². The molecule has 1 saturated heterocycles. The molecule has 0 spiro atoms. The van der Waals surface area contributed by atoms with Gasteiger partial charge in [-0.25, -0.2) is 4.79 Å². The number of thioether (sulfide) groups is 2. The second-order valence-corrected chi connectivity index (χ2v) is 6.18. The van der Waals surface area contributed by atoms with Crippen molar-refractivity contribution < 1.29 is 19.1 Å². The lowest BCUT2D eigenvalue weighted by atomic mass is 10.3. The first-order valence-corrected chi connectivity index (χ1v) is 7.30. The third-order valence-corrected chi connectivity index (χ3v) is 5.04. The van der Waals surface area contributed by atoms with E-state index in [1.165, 1.54) is 6.92 Å². The maximum Gasteiger partial charge on any atom is 0.347 e. The van der Waals surface area contributed by atoms with Crippen LogP contribution in [0.15, 0.2) is 0 Å². The van der Waals surface area contributed by atoms with Crippen molar-refractivity contribution >= 4 is 35.5 Å². The molecule has 0 aromatic rings. The molecule has 4 nitrogen and oxygen atoms in total. The Morgan fingerprint density at radius 3 is 2.50 bits per heavy atom. The average molecular weight is 264 g/mol. The van der Waals surface area contributed by atoms with Crippen molar-refractivity contribution in [1.82, 2.24) is 0 Å². The summed E-state index contributed by atoms with van der Waals surface area (Å²) < 4.78 is 10.2. The molecule has 0 aromatic heterocycles. The number of carbonyl (C=O) groups is 2. The molecule has 0 unspecified atom stereocenters. The van der Waals surface area contributed by atoms with Crippen LogP contribution in [0.5, 0.6) is 0 Å². The quantitative estimate of drug-likeness (QED) is 0.704. The monoisotopic (exact) mass is 264 g/mol. The second-order valence-electron chi connectivity index (χ2n) is 3.26. The summed E-state index contributed by atoms with van der Waals surface area (Å²) >= 11 is 3.59. The smallest absolute Gasteiger partial charge is 0.347 e. The Kier molecular flexibility index (Phi) is 6.05. The van der Waals surface area contributed by atoms with Crippen molar-refractivity contribution in [2.45, 2.75) is 31.0 Å². The van der Waals surface area contributed by atoms with Gasteiger partial charge in [0, 0.05) is 24.9 Å². The van der Waals surface area contributed by atoms with Crippen LogP contribution in [-0.4, -0.2) is 40.7 Å². The maximum absolute atomic E-state index is 11.5. The van der Waals surface area contributed by atoms with E-state index in [4.69, 9.17) is 9.47 Å². The highest BCUT2D eigenvalue weighted by Crippen LogP contribution is 2.35. The van der Waals surface area contributed by atoms with Crippen molar-refractivity contribution in [2.75, 3.05) is 18.1 Å². The molecule has 1 rings (SSSR count). The molecule has 0 aliphatic carbocycles. The largest absolute Gasteiger partial charge is 0.463 e. The topological polar surface area (TPSA) is 52.6 Å². The highest BCUT2D eigenvalue weighted by Gasteiger charge is 2.29. The molecule has 16 heavy (non-hydrogen) atoms. The highest BCUT2D eigenvalue weighted by molar-refractivity contribution is 8.20. The number of esters is 2. The third-order valence-electron chi connectivity index (χ3n) is 1.96. The highest BCUT2D eigenvalue weighted by atomic mass is 32.2. The molecular weight excluding hydrogens is 248 g/mol. The summed E-state index contributed by atoms with van der Waals surface area (Å²) in [6.45, 7) is 3.35. The molecule has 0 saturated carbocycles. The van der Waals surface area contributed by atoms with Gasteiger partial charge in [0.1, 0.15) is 0 Å². The van der Waals surface area contributed by atoms with Gasteiger partial charge in [-0.05, 0) is 6.92 Å². The van der Waals surface area contributed by atoms with Crippen LogP contribution in [-0.2, 0) is 19.1 Å². The number of hydrogen-bond acceptors (Lipinski definition) is 6. The lowest BCUT2D eigenvalue weighted by Gasteiger charge is -2.17. The fourth-order valence-electron chi connectivity index (χ4n) is 1.35. The summed E-state index contributed by atoms with van der Waals surface area (Å²) in [5, 5.41) is 0. The Morgan fingerprint density at radius 1 is 1.38 bits per heavy atom. The van der Waals surface area contributed by atoms with Gasteiger partial charge < -0.3 is 9.47 Å². The predicted octanol–water partition coefficient (Wildman–Crippen LogP) is 1.68. The van der Waals surface area contributed by atoms with Crippen molar-refractivity contribution in [2.24, 2.45) is 0 Å². The summed E-state index contributed by atoms with van der Waals surface area (Å²) in [4.78, 5) is 22.4. The predicted molar refractivity (Wildman–Crippen MR) is 65.5 cm³/mol. The summed E-state index contributed by atoms with van der Waals surface area (Å²) in [5.74, 6) is 1.30. The maximum atomic E-state index is 11.5. The van der Waals surface area contributed by atoms with Crippen LogP contribution in [0.2, 0.25) is 0 Å². The van der Waals surface area contributed by atoms with E-state index in [1.54, 1.807) is 30.4 Å². The fraction of sp³-hybridized carbons (Fsp3) is 0.800. The van der Waals surface area contributed by atoms with E-state index in [0.29, 0.717) is 17.6 Å². The van der Waals surface area contributed by atoms with E-state index >= 15 is 0 Å². The normalized spacial score (nSPS) is 18.1. The SMILES string of the molecule is CCOC(=O)[C@H](CC1SCCS1)OC(C)=O. The van der Waals surface area contributed by atoms with E-state index < -0.39 is 18.0 Å². The van der Waals surface area contributed by atoms with Gasteiger partial charge in [0.25, 0.3) is 0 Å². The van der Waals surface area contributed by atoms with E-state index in [-0.39, 0.29) is 0 Å². The van der Waals surface area contributed by atoms with E-state index in [2.05, 4.69) is 0 Å². The second kappa shape index (κ2) is 7.06. The van der Waals surface area contributed by atoms with Crippen LogP contribution in [0.3, 0.4) is 0 Å². The summed E-state index contributed by atoms with van der Waals surface area (Å²) in [6, 6.07) is 0. The van der Waals surface area contributed by atoms with Gasteiger partial charge in [-0.2, -0.15) is 0 Å². The van der Waals surface area contributed by atoms with Gasteiger partial charge in [0.05, 0.1) is 11.2 Å². The minimum Gasteiger partial charge on any atom is -0.463 e. The van der Waals surface area contributed by atoms with Crippen molar-refractivity contribution in [3.63, 3.8) is 0 Å². The summed E-state index contributed by atoms with van der Waals surface area (Å²) in [5.41, 5.74) is 0. The Labute approximate surface area is 104 Å². The van der Waals surface area contributed by atoms with Crippen LogP contribution < -0.4 is 0 Å². The van der Waals surface area contributed by atoms with Gasteiger partial charge >= 0.3 is 11.9 Å². The average Bonchev–Trinajstić information content (AvgIpc) is 2.69. The van der Waals surface area contributed by atoms with Gasteiger partial charge in [-0.15, -0.1) is 23.5 Å². The summed E-state index contributed by atoms with van der Waals surface area (Å²) in [6.07, 6.45) is -0.214. The van der Waals surface area contributed by atoms with Crippen LogP contribution in [0.1, 0.15) is 20.3 Å². The molecule has 0 amide bonds. The summed E-state index contributed by atoms with van der Waals surface area (Å²) in [7, 11) is 0. The molecule has 0 radical (unpaired) electrons. The van der Waals surface area contributed by atoms with E-state index in [0.717, 1.165) is 11.5 Å². The zero-order valence-electron chi connectivity index (χ0n) is 9.43. The van der Waals surface area contributed by atoms with Gasteiger partial charge in [-0.1, -0.05) is 0 Å². The molecule has 92 valence electrons. The van der Waals surface area contributed by atoms with E-state index in [1.807, 2.05) is 0 Å². The number of rotatable bonds is 5. The minimum atomic E-state index is -0.749. The molecule has 1 atom stereocenters. The van der Waals surface area contributed by atoms with Gasteiger partial charge in [0.2, 0.25) is 6.10 Å². The molecule has 6 heteroatoms. The lowest BCUT2D eigenvalue weighted by molar-refractivity contribution is -0.166. The zero-order chi connectivity index (χ0) is 12.0. The molecule has 1 aliphatic rings. The first-order valence-electron chi connectivity index (χ1n) is 5.20. The van der Waals surface area contributed by atoms with Gasteiger partial charge in [0.15, 0.2) is 0 Å². The molecule has 0 N–H and O–H groups in total. The van der Waals surface area contributed by atoms with Crippen LogP contribution in [0.25, 0.3) is 0 Å². The fourth-order valence-corrected chi connectivity index (χ4v) is 4.23. The number of carbonyl (C=O) groups excluding carboxylic acids is 2. The van der Waals surface area contributed by atoms with Crippen LogP contribution in [0.4, 0.5) is 0 Å². The van der Waals surface area contributed by atoms with Crippen molar-refractivity contribution in [3.05, 3.63) is 0 Å². The molecule has 1 heterocycles. The first-order chi connectivity index (χ1) is 7.63. The van der Waals surface area contributed by atoms with Crippen LogP contribution >= 0.6 is 23.5 Å². The minimum absolute atomic E-state index is 0.307. The Balaban J connectivity index is 2.48. The lowest BCUT2D eigenvalue weighted by Crippen LogP contribution is -2.30. The Hall–Kier alpha value is -0.360. The number of ether oxygens (including phenoxy) is 2. The Morgan fingerprint density at radius 2 is 2.00 bits per heavy atom. The van der Waals surface area contributed by atoms with Gasteiger partial charge in [-0.3, -0.25) is 4.79 Å². The molecular formula is C10H16O4S2. The Bertz CT molecular complexity index is 251. The van der Waals surface area contributed by atoms with Crippen molar-refractivity contribution in [1.29, 1.82) is 0 Å². The van der Waals surface area contributed by atoms with E-state index in [9.17, 15) is 9.59 Å². The third kappa shape index (κ3) is 4.65. The van der Waals surface area contributed by atoms with Crippen LogP contribution in [0, 0.1) is 0 Å². The number of hydrogen-bond donors (Lipinski definition) is 0. The molecule has 1 aliphatic heterocycles.